The van der Waals surface area contributed by atoms with Crippen molar-refractivity contribution < 1.29 is 9.15 Å². The maximum Gasteiger partial charge on any atom is 0.345 e. The van der Waals surface area contributed by atoms with Gasteiger partial charge in [-0.1, -0.05) is 23.2 Å². The topological polar surface area (TPSA) is 76.7 Å². The van der Waals surface area contributed by atoms with E-state index in [1.165, 1.54) is 17.4 Å². The molecule has 4 rings (SSSR count). The smallest absolute Gasteiger partial charge is 0.345 e. The highest BCUT2D eigenvalue weighted by atomic mass is 35.5. The molecule has 0 aliphatic heterocycles. The number of thiazole rings is 1. The third kappa shape index (κ3) is 4.27. The number of nitrogens with zero attached hydrogens (tertiary/aromatic N) is 2. The quantitative estimate of drug-likeness (QED) is 0.243. The molecule has 0 bridgehead atoms. The van der Waals surface area contributed by atoms with Crippen LogP contribution in [0.4, 0.5) is 5.13 Å². The van der Waals surface area contributed by atoms with Crippen molar-refractivity contribution >= 4 is 56.9 Å². The summed E-state index contributed by atoms with van der Waals surface area (Å²) in [6, 6.07) is 12.3. The lowest BCUT2D eigenvalue weighted by Gasteiger charge is -2.02. The van der Waals surface area contributed by atoms with Gasteiger partial charge < -0.3 is 9.15 Å². The zero-order valence-corrected chi connectivity index (χ0v) is 17.3. The molecule has 0 unspecified atom stereocenters. The van der Waals surface area contributed by atoms with Crippen LogP contribution in [0.5, 0.6) is 5.75 Å². The third-order valence-corrected chi connectivity index (χ3v) is 5.27. The average Bonchev–Trinajstić information content (AvgIpc) is 3.17. The molecule has 29 heavy (non-hydrogen) atoms. The minimum absolute atomic E-state index is 0.282. The lowest BCUT2D eigenvalue weighted by atomic mass is 10.1. The van der Waals surface area contributed by atoms with Crippen molar-refractivity contribution in [2.24, 2.45) is 5.10 Å². The van der Waals surface area contributed by atoms with Crippen LogP contribution in [0.3, 0.4) is 0 Å². The fourth-order valence-electron chi connectivity index (χ4n) is 2.64. The second kappa shape index (κ2) is 8.24. The number of rotatable bonds is 5. The summed E-state index contributed by atoms with van der Waals surface area (Å²) in [4.78, 5) is 16.8. The van der Waals surface area contributed by atoms with E-state index in [9.17, 15) is 4.79 Å². The molecule has 0 aliphatic rings. The van der Waals surface area contributed by atoms with E-state index in [1.807, 2.05) is 24.3 Å². The van der Waals surface area contributed by atoms with Crippen molar-refractivity contribution in [3.63, 3.8) is 0 Å². The molecule has 0 aliphatic carbocycles. The molecule has 0 spiro atoms. The molecule has 146 valence electrons. The van der Waals surface area contributed by atoms with E-state index in [2.05, 4.69) is 15.5 Å². The second-order valence-electron chi connectivity index (χ2n) is 5.93. The van der Waals surface area contributed by atoms with E-state index in [1.54, 1.807) is 30.8 Å². The van der Waals surface area contributed by atoms with Crippen molar-refractivity contribution in [2.75, 3.05) is 12.5 Å². The van der Waals surface area contributed by atoms with Crippen molar-refractivity contribution in [1.29, 1.82) is 0 Å². The van der Waals surface area contributed by atoms with Gasteiger partial charge in [0.05, 0.1) is 29.6 Å². The highest BCUT2D eigenvalue weighted by Gasteiger charge is 2.13. The van der Waals surface area contributed by atoms with Crippen molar-refractivity contribution in [1.82, 2.24) is 4.98 Å². The number of fused-ring (bicyclic) bond motifs is 1. The van der Waals surface area contributed by atoms with Gasteiger partial charge in [0.25, 0.3) is 0 Å². The fourth-order valence-corrected chi connectivity index (χ4v) is 3.84. The van der Waals surface area contributed by atoms with Crippen LogP contribution in [0.25, 0.3) is 22.2 Å². The molecule has 0 radical (unpaired) electrons. The molecule has 4 aromatic rings. The van der Waals surface area contributed by atoms with Crippen LogP contribution in [0, 0.1) is 0 Å². The number of anilines is 1. The SMILES string of the molecule is COc1ccc(/C=N\Nc2nc(-c3cc4cc(Cl)cc(Cl)c4oc3=O)cs2)cc1. The van der Waals surface area contributed by atoms with E-state index < -0.39 is 5.63 Å². The third-order valence-electron chi connectivity index (χ3n) is 4.02. The summed E-state index contributed by atoms with van der Waals surface area (Å²) < 4.78 is 10.5. The predicted molar refractivity (Wildman–Crippen MR) is 118 cm³/mol. The average molecular weight is 446 g/mol. The van der Waals surface area contributed by atoms with E-state index in [0.29, 0.717) is 32.4 Å². The molecule has 2 heterocycles. The van der Waals surface area contributed by atoms with Gasteiger partial charge in [-0.2, -0.15) is 5.10 Å². The Morgan fingerprint density at radius 3 is 2.76 bits per heavy atom. The zero-order valence-electron chi connectivity index (χ0n) is 15.0. The number of methoxy groups -OCH3 is 1. The standard InChI is InChI=1S/C20H13Cl2N3O3S/c1-27-14-4-2-11(3-5-14)9-23-25-20-24-17(10-29-20)15-7-12-6-13(21)8-16(22)18(12)28-19(15)26/h2-10H,1H3,(H,24,25)/b23-9-. The van der Waals surface area contributed by atoms with Gasteiger partial charge in [0, 0.05) is 15.8 Å². The number of hydrazone groups is 1. The Kier molecular flexibility index (Phi) is 5.53. The van der Waals surface area contributed by atoms with Crippen LogP contribution in [0.2, 0.25) is 10.0 Å². The van der Waals surface area contributed by atoms with Crippen LogP contribution in [0.15, 0.2) is 62.2 Å². The van der Waals surface area contributed by atoms with Crippen molar-refractivity contribution in [2.45, 2.75) is 0 Å². The largest absolute Gasteiger partial charge is 0.497 e. The Bertz CT molecular complexity index is 1270. The summed E-state index contributed by atoms with van der Waals surface area (Å²) in [5, 5.41) is 7.81. The van der Waals surface area contributed by atoms with Crippen molar-refractivity contribution in [3.05, 3.63) is 73.9 Å². The fraction of sp³-hybridized carbons (Fsp3) is 0.0500. The summed E-state index contributed by atoms with van der Waals surface area (Å²) in [6.45, 7) is 0. The van der Waals surface area contributed by atoms with Crippen LogP contribution in [-0.4, -0.2) is 18.3 Å². The summed E-state index contributed by atoms with van der Waals surface area (Å²) >= 11 is 13.5. The van der Waals surface area contributed by atoms with Crippen LogP contribution in [-0.2, 0) is 0 Å². The van der Waals surface area contributed by atoms with Crippen LogP contribution < -0.4 is 15.8 Å². The molecule has 0 saturated heterocycles. The second-order valence-corrected chi connectivity index (χ2v) is 7.64. The number of hydrogen-bond acceptors (Lipinski definition) is 7. The van der Waals surface area contributed by atoms with Gasteiger partial charge >= 0.3 is 5.63 Å². The van der Waals surface area contributed by atoms with Gasteiger partial charge in [0.15, 0.2) is 5.58 Å². The molecule has 9 heteroatoms. The summed E-state index contributed by atoms with van der Waals surface area (Å²) in [5.41, 5.74) is 4.32. The Balaban J connectivity index is 1.56. The number of hydrogen-bond donors (Lipinski definition) is 1. The number of halogens is 2. The minimum atomic E-state index is -0.527. The predicted octanol–water partition coefficient (Wildman–Crippen LogP) is 5.68. The Morgan fingerprint density at radius 1 is 1.21 bits per heavy atom. The van der Waals surface area contributed by atoms with E-state index in [4.69, 9.17) is 32.4 Å². The molecule has 2 aromatic heterocycles. The number of benzene rings is 2. The summed E-state index contributed by atoms with van der Waals surface area (Å²) in [6.07, 6.45) is 1.66. The first-order valence-electron chi connectivity index (χ1n) is 8.35. The monoisotopic (exact) mass is 445 g/mol. The van der Waals surface area contributed by atoms with Gasteiger partial charge in [-0.25, -0.2) is 9.78 Å². The molecule has 1 N–H and O–H groups in total. The lowest BCUT2D eigenvalue weighted by Crippen LogP contribution is -2.03. The Hall–Kier alpha value is -2.87. The molecular formula is C20H13Cl2N3O3S. The highest BCUT2D eigenvalue weighted by Crippen LogP contribution is 2.30. The van der Waals surface area contributed by atoms with E-state index >= 15 is 0 Å². The molecule has 0 amide bonds. The first kappa shape index (κ1) is 19.4. The molecule has 6 nitrogen and oxygen atoms in total. The molecule has 0 saturated carbocycles. The first-order chi connectivity index (χ1) is 14.0. The van der Waals surface area contributed by atoms with Gasteiger partial charge in [-0.15, -0.1) is 11.3 Å². The molecular weight excluding hydrogens is 433 g/mol. The number of ether oxygens (including phenoxy) is 1. The maximum atomic E-state index is 12.4. The highest BCUT2D eigenvalue weighted by molar-refractivity contribution is 7.14. The number of aromatic nitrogens is 1. The van der Waals surface area contributed by atoms with E-state index in [-0.39, 0.29) is 5.02 Å². The molecule has 0 atom stereocenters. The molecule has 2 aromatic carbocycles. The van der Waals surface area contributed by atoms with Gasteiger partial charge in [0.1, 0.15) is 5.75 Å². The van der Waals surface area contributed by atoms with Gasteiger partial charge in [0.2, 0.25) is 5.13 Å². The minimum Gasteiger partial charge on any atom is -0.497 e. The van der Waals surface area contributed by atoms with Gasteiger partial charge in [-0.05, 0) is 48.0 Å². The van der Waals surface area contributed by atoms with Crippen molar-refractivity contribution in [3.8, 4) is 17.0 Å². The lowest BCUT2D eigenvalue weighted by molar-refractivity contribution is 0.415. The number of nitrogens with one attached hydrogen (secondary N) is 1. The Morgan fingerprint density at radius 2 is 2.00 bits per heavy atom. The zero-order chi connectivity index (χ0) is 20.4. The van der Waals surface area contributed by atoms with Crippen LogP contribution in [0.1, 0.15) is 5.56 Å². The summed E-state index contributed by atoms with van der Waals surface area (Å²) in [5.74, 6) is 0.775. The maximum absolute atomic E-state index is 12.4. The Labute approximate surface area is 179 Å². The van der Waals surface area contributed by atoms with Gasteiger partial charge in [-0.3, -0.25) is 5.43 Å². The molecule has 0 fully saturated rings. The normalized spacial score (nSPS) is 11.3. The van der Waals surface area contributed by atoms with Crippen LogP contribution >= 0.6 is 34.5 Å². The summed E-state index contributed by atoms with van der Waals surface area (Å²) in [7, 11) is 1.62. The van der Waals surface area contributed by atoms with E-state index in [0.717, 1.165) is 11.3 Å². The first-order valence-corrected chi connectivity index (χ1v) is 9.99.